The number of aromatic nitrogens is 6. The first-order chi connectivity index (χ1) is 27.4. The summed E-state index contributed by atoms with van der Waals surface area (Å²) in [4.78, 5) is 38.6. The van der Waals surface area contributed by atoms with Gasteiger partial charge >= 0.3 is 0 Å². The predicted molar refractivity (Wildman–Crippen MR) is 215 cm³/mol. The molecule has 2 N–H and O–H groups in total. The lowest BCUT2D eigenvalue weighted by Gasteiger charge is -2.31. The van der Waals surface area contributed by atoms with E-state index >= 15 is 0 Å². The third-order valence-electron chi connectivity index (χ3n) is 11.5. The molecule has 3 aromatic heterocycles. The molecule has 14 nitrogen and oxygen atoms in total. The SMILES string of the molecule is Cn1cnc(C(=O)CC2CCC(Oc3cc(N4CCOCC4)cc4ncncc34)CC2)c1.NC1CCC(Oc2cc(N3CCOCC3)cc3ncncc23)CC1. The maximum atomic E-state index is 12.5. The number of Topliss-reactive ketones (excluding diaryl/α,β-unsaturated/α-hetero) is 1. The van der Waals surface area contributed by atoms with Crippen LogP contribution in [0.2, 0.25) is 0 Å². The zero-order valence-corrected chi connectivity index (χ0v) is 32.3. The van der Waals surface area contributed by atoms with Gasteiger partial charge in [-0.05, 0) is 69.4 Å². The minimum atomic E-state index is 0.135. The first-order valence-corrected chi connectivity index (χ1v) is 20.2. The lowest BCUT2D eigenvalue weighted by molar-refractivity contribution is 0.0899. The Morgan fingerprint density at radius 3 is 1.70 bits per heavy atom. The van der Waals surface area contributed by atoms with Gasteiger partial charge in [0.15, 0.2) is 5.78 Å². The molecule has 0 bridgehead atoms. The molecular formula is C42H53N9O5. The van der Waals surface area contributed by atoms with E-state index in [9.17, 15) is 4.79 Å². The summed E-state index contributed by atoms with van der Waals surface area (Å²) in [6, 6.07) is 8.80. The fourth-order valence-electron chi connectivity index (χ4n) is 8.22. The second-order valence-corrected chi connectivity index (χ2v) is 15.5. The van der Waals surface area contributed by atoms with Crippen molar-refractivity contribution in [1.29, 1.82) is 0 Å². The Balaban J connectivity index is 0.000000164. The van der Waals surface area contributed by atoms with E-state index in [0.29, 0.717) is 24.1 Å². The van der Waals surface area contributed by atoms with Crippen LogP contribution in [0.4, 0.5) is 11.4 Å². The molecular weight excluding hydrogens is 711 g/mol. The summed E-state index contributed by atoms with van der Waals surface area (Å²) in [7, 11) is 1.88. The highest BCUT2D eigenvalue weighted by molar-refractivity contribution is 5.94. The number of carbonyl (C=O) groups is 1. The highest BCUT2D eigenvalue weighted by Crippen LogP contribution is 2.36. The number of ether oxygens (including phenoxy) is 4. The second kappa shape index (κ2) is 17.9. The highest BCUT2D eigenvalue weighted by atomic mass is 16.5. The van der Waals surface area contributed by atoms with Gasteiger partial charge in [-0.1, -0.05) is 0 Å². The van der Waals surface area contributed by atoms with Crippen molar-refractivity contribution in [3.8, 4) is 11.5 Å². The molecule has 4 fully saturated rings. The van der Waals surface area contributed by atoms with Gasteiger partial charge in [0.2, 0.25) is 0 Å². The Bertz CT molecular complexity index is 2070. The third kappa shape index (κ3) is 9.36. The van der Waals surface area contributed by atoms with Crippen LogP contribution in [0, 0.1) is 5.92 Å². The van der Waals surface area contributed by atoms with Crippen molar-refractivity contribution in [2.24, 2.45) is 18.7 Å². The van der Waals surface area contributed by atoms with E-state index < -0.39 is 0 Å². The molecule has 296 valence electrons. The Kier molecular flexibility index (Phi) is 12.1. The number of ketones is 1. The largest absolute Gasteiger partial charge is 0.490 e. The summed E-state index contributed by atoms with van der Waals surface area (Å²) >= 11 is 0. The number of morpholine rings is 2. The zero-order chi connectivity index (χ0) is 38.3. The van der Waals surface area contributed by atoms with Gasteiger partial charge < -0.3 is 39.0 Å². The second-order valence-electron chi connectivity index (χ2n) is 15.5. The van der Waals surface area contributed by atoms with Crippen LogP contribution in [0.25, 0.3) is 21.8 Å². The molecule has 2 saturated carbocycles. The van der Waals surface area contributed by atoms with Gasteiger partial charge in [0.05, 0.1) is 66.8 Å². The van der Waals surface area contributed by atoms with Crippen molar-refractivity contribution in [3.63, 3.8) is 0 Å². The number of benzene rings is 2. The van der Waals surface area contributed by atoms with Crippen LogP contribution in [0.3, 0.4) is 0 Å². The number of aryl methyl sites for hydroxylation is 1. The minimum Gasteiger partial charge on any atom is -0.490 e. The lowest BCUT2D eigenvalue weighted by Crippen LogP contribution is -2.36. The van der Waals surface area contributed by atoms with Crippen molar-refractivity contribution >= 4 is 39.0 Å². The molecule has 14 heteroatoms. The number of nitrogens with two attached hydrogens (primary N) is 1. The standard InChI is InChI=1S/C24H29N5O3.C18H24N4O2/c1-28-14-22(27-16-28)23(30)10-17-2-4-19(5-3-17)32-24-12-18(29-6-8-31-9-7-29)11-21-20(24)13-25-15-26-21;19-13-1-3-15(4-2-13)24-18-10-14(22-5-7-23-8-6-22)9-17-16(18)11-20-12-21-17/h11-17,19H,2-10H2,1H3;9-13,15H,1-8,19H2. The number of carbonyl (C=O) groups excluding carboxylic acids is 1. The van der Waals surface area contributed by atoms with Crippen LogP contribution < -0.4 is 25.0 Å². The molecule has 0 spiro atoms. The van der Waals surface area contributed by atoms with E-state index in [-0.39, 0.29) is 18.0 Å². The van der Waals surface area contributed by atoms with Crippen molar-refractivity contribution in [1.82, 2.24) is 29.5 Å². The molecule has 2 aromatic carbocycles. The minimum absolute atomic E-state index is 0.135. The number of hydrogen-bond donors (Lipinski definition) is 1. The van der Waals surface area contributed by atoms with Gasteiger partial charge in [0, 0.05) is 87.8 Å². The summed E-state index contributed by atoms with van der Waals surface area (Å²) in [5.41, 5.74) is 10.7. The molecule has 0 unspecified atom stereocenters. The van der Waals surface area contributed by atoms with Crippen LogP contribution in [0.15, 0.2) is 61.8 Å². The van der Waals surface area contributed by atoms with Gasteiger partial charge in [-0.25, -0.2) is 24.9 Å². The normalized spacial score (nSPS) is 23.0. The van der Waals surface area contributed by atoms with Gasteiger partial charge in [-0.2, -0.15) is 0 Å². The lowest BCUT2D eigenvalue weighted by atomic mass is 9.84. The monoisotopic (exact) mass is 763 g/mol. The number of fused-ring (bicyclic) bond motifs is 2. The molecule has 0 radical (unpaired) electrons. The number of anilines is 2. The number of rotatable bonds is 9. The fraction of sp³-hybridized carbons (Fsp3) is 0.524. The molecule has 2 saturated heterocycles. The van der Waals surface area contributed by atoms with E-state index in [1.54, 1.807) is 25.2 Å². The molecule has 2 aliphatic carbocycles. The number of imidazole rings is 1. The van der Waals surface area contributed by atoms with Crippen LogP contribution in [0.1, 0.15) is 68.3 Å². The molecule has 4 aliphatic rings. The molecule has 2 aliphatic heterocycles. The Morgan fingerprint density at radius 1 is 0.714 bits per heavy atom. The number of hydrogen-bond acceptors (Lipinski definition) is 13. The third-order valence-corrected chi connectivity index (χ3v) is 11.5. The van der Waals surface area contributed by atoms with E-state index in [4.69, 9.17) is 24.7 Å². The Hall–Kier alpha value is -4.92. The smallest absolute Gasteiger partial charge is 0.183 e. The summed E-state index contributed by atoms with van der Waals surface area (Å²) in [6.45, 7) is 6.52. The highest BCUT2D eigenvalue weighted by Gasteiger charge is 2.27. The van der Waals surface area contributed by atoms with Crippen LogP contribution in [-0.2, 0) is 16.5 Å². The Morgan fingerprint density at radius 2 is 1.21 bits per heavy atom. The fourth-order valence-corrected chi connectivity index (χ4v) is 8.22. The molecule has 5 heterocycles. The van der Waals surface area contributed by atoms with Gasteiger partial charge in [-0.3, -0.25) is 4.79 Å². The van der Waals surface area contributed by atoms with E-state index in [0.717, 1.165) is 149 Å². The average molecular weight is 764 g/mol. The summed E-state index contributed by atoms with van der Waals surface area (Å²) < 4.78 is 25.6. The van der Waals surface area contributed by atoms with Crippen LogP contribution >= 0.6 is 0 Å². The molecule has 0 amide bonds. The molecule has 56 heavy (non-hydrogen) atoms. The van der Waals surface area contributed by atoms with Crippen molar-refractivity contribution < 1.29 is 23.7 Å². The topological polar surface area (TPSA) is 156 Å². The molecule has 9 rings (SSSR count). The Labute approximate surface area is 327 Å². The molecule has 0 atom stereocenters. The van der Waals surface area contributed by atoms with Gasteiger partial charge in [-0.15, -0.1) is 0 Å². The van der Waals surface area contributed by atoms with E-state index in [1.807, 2.05) is 24.0 Å². The molecule has 5 aromatic rings. The quantitative estimate of drug-likeness (QED) is 0.187. The van der Waals surface area contributed by atoms with E-state index in [2.05, 4.69) is 59.0 Å². The first kappa shape index (κ1) is 38.0. The van der Waals surface area contributed by atoms with Crippen molar-refractivity contribution in [2.75, 3.05) is 62.4 Å². The first-order valence-electron chi connectivity index (χ1n) is 20.2. The van der Waals surface area contributed by atoms with Crippen molar-refractivity contribution in [3.05, 3.63) is 67.5 Å². The van der Waals surface area contributed by atoms with Crippen LogP contribution in [0.5, 0.6) is 11.5 Å². The van der Waals surface area contributed by atoms with Crippen molar-refractivity contribution in [2.45, 2.75) is 76.0 Å². The zero-order valence-electron chi connectivity index (χ0n) is 32.3. The van der Waals surface area contributed by atoms with Crippen LogP contribution in [-0.4, -0.2) is 106 Å². The summed E-state index contributed by atoms with van der Waals surface area (Å²) in [5, 5.41) is 1.92. The van der Waals surface area contributed by atoms with Gasteiger partial charge in [0.1, 0.15) is 29.8 Å². The summed E-state index contributed by atoms with van der Waals surface area (Å²) in [5.74, 6) is 2.26. The number of nitrogens with zero attached hydrogens (tertiary/aromatic N) is 8. The predicted octanol–water partition coefficient (Wildman–Crippen LogP) is 5.53. The maximum Gasteiger partial charge on any atom is 0.183 e. The summed E-state index contributed by atoms with van der Waals surface area (Å²) in [6.07, 6.45) is 19.2. The maximum absolute atomic E-state index is 12.5. The van der Waals surface area contributed by atoms with Gasteiger partial charge in [0.25, 0.3) is 0 Å². The van der Waals surface area contributed by atoms with E-state index in [1.165, 1.54) is 0 Å². The average Bonchev–Trinajstić information content (AvgIpc) is 3.69.